The number of aromatic nitrogens is 2. The van der Waals surface area contributed by atoms with E-state index in [-0.39, 0.29) is 17.1 Å². The Morgan fingerprint density at radius 2 is 1.96 bits per heavy atom. The number of nitro groups is 1. The van der Waals surface area contributed by atoms with E-state index in [1.807, 2.05) is 0 Å². The van der Waals surface area contributed by atoms with Crippen molar-refractivity contribution < 1.29 is 9.72 Å². The molecule has 0 radical (unpaired) electrons. The van der Waals surface area contributed by atoms with Crippen LogP contribution in [0, 0.1) is 17.0 Å². The molecule has 0 spiro atoms. The molecule has 8 nitrogen and oxygen atoms in total. The first-order valence-electron chi connectivity index (χ1n) is 7.70. The quantitative estimate of drug-likeness (QED) is 0.684. The van der Waals surface area contributed by atoms with Gasteiger partial charge in [0.25, 0.3) is 11.6 Å². The van der Waals surface area contributed by atoms with Crippen molar-refractivity contribution >= 4 is 23.1 Å². The number of amides is 1. The second-order valence-corrected chi connectivity index (χ2v) is 5.65. The van der Waals surface area contributed by atoms with E-state index in [0.29, 0.717) is 5.56 Å². The molecular weight excluding hydrogens is 310 g/mol. The van der Waals surface area contributed by atoms with Crippen LogP contribution in [-0.2, 0) is 0 Å². The first kappa shape index (κ1) is 15.9. The maximum absolute atomic E-state index is 12.3. The van der Waals surface area contributed by atoms with E-state index < -0.39 is 10.8 Å². The summed E-state index contributed by atoms with van der Waals surface area (Å²) in [4.78, 5) is 25.0. The van der Waals surface area contributed by atoms with Crippen LogP contribution in [-0.4, -0.2) is 34.1 Å². The molecule has 0 saturated carbocycles. The number of benzene rings is 1. The number of hydrogen-bond acceptors (Lipinski definition) is 6. The Morgan fingerprint density at radius 3 is 2.58 bits per heavy atom. The summed E-state index contributed by atoms with van der Waals surface area (Å²) in [5.41, 5.74) is 0.762. The zero-order valence-corrected chi connectivity index (χ0v) is 13.2. The molecular formula is C16H17N5O3. The number of carbonyl (C=O) groups is 1. The average Bonchev–Trinajstić information content (AvgIpc) is 3.11. The second-order valence-electron chi connectivity index (χ2n) is 5.65. The highest BCUT2D eigenvalue weighted by atomic mass is 16.6. The van der Waals surface area contributed by atoms with Crippen molar-refractivity contribution in [2.45, 2.75) is 19.8 Å². The molecule has 1 aliphatic heterocycles. The van der Waals surface area contributed by atoms with Gasteiger partial charge < -0.3 is 10.2 Å². The van der Waals surface area contributed by atoms with Crippen LogP contribution >= 0.6 is 0 Å². The molecule has 0 atom stereocenters. The minimum atomic E-state index is -0.523. The lowest BCUT2D eigenvalue weighted by molar-refractivity contribution is -0.383. The number of nitro benzene ring substituents is 1. The molecule has 1 fully saturated rings. The Balaban J connectivity index is 1.79. The highest BCUT2D eigenvalue weighted by Crippen LogP contribution is 2.28. The summed E-state index contributed by atoms with van der Waals surface area (Å²) in [5.74, 6) is 0.221. The summed E-state index contributed by atoms with van der Waals surface area (Å²) >= 11 is 0. The van der Waals surface area contributed by atoms with Gasteiger partial charge in [-0.2, -0.15) is 0 Å². The molecule has 2 aromatic rings. The van der Waals surface area contributed by atoms with Gasteiger partial charge in [-0.05, 0) is 37.5 Å². The number of nitrogens with one attached hydrogen (secondary N) is 1. The van der Waals surface area contributed by atoms with Gasteiger partial charge in [-0.25, -0.2) is 0 Å². The van der Waals surface area contributed by atoms with Crippen molar-refractivity contribution in [1.29, 1.82) is 0 Å². The lowest BCUT2D eigenvalue weighted by Gasteiger charge is -2.15. The molecule has 1 amide bonds. The van der Waals surface area contributed by atoms with Crippen molar-refractivity contribution in [1.82, 2.24) is 10.2 Å². The van der Waals surface area contributed by atoms with Crippen LogP contribution in [0.15, 0.2) is 30.3 Å². The zero-order chi connectivity index (χ0) is 17.1. The van der Waals surface area contributed by atoms with Crippen LogP contribution in [0.2, 0.25) is 0 Å². The molecule has 3 rings (SSSR count). The SMILES string of the molecule is Cc1cccc([N+](=O)[O-])c1NC(=O)c1ccc(N2CCCC2)nn1. The Morgan fingerprint density at radius 1 is 1.21 bits per heavy atom. The van der Waals surface area contributed by atoms with Gasteiger partial charge in [0.05, 0.1) is 4.92 Å². The second kappa shape index (κ2) is 6.61. The van der Waals surface area contributed by atoms with Gasteiger partial charge in [0.2, 0.25) is 0 Å². The van der Waals surface area contributed by atoms with E-state index in [9.17, 15) is 14.9 Å². The molecule has 1 aliphatic rings. The number of aryl methyl sites for hydroxylation is 1. The number of rotatable bonds is 4. The molecule has 0 aliphatic carbocycles. The van der Waals surface area contributed by atoms with Gasteiger partial charge in [-0.1, -0.05) is 12.1 Å². The summed E-state index contributed by atoms with van der Waals surface area (Å²) < 4.78 is 0. The number of nitrogens with zero attached hydrogens (tertiary/aromatic N) is 4. The fraction of sp³-hybridized carbons (Fsp3) is 0.312. The van der Waals surface area contributed by atoms with E-state index in [1.54, 1.807) is 31.2 Å². The number of hydrogen-bond donors (Lipinski definition) is 1. The van der Waals surface area contributed by atoms with Crippen LogP contribution in [0.5, 0.6) is 0 Å². The average molecular weight is 327 g/mol. The smallest absolute Gasteiger partial charge is 0.293 e. The van der Waals surface area contributed by atoms with Gasteiger partial charge in [0.15, 0.2) is 11.5 Å². The molecule has 24 heavy (non-hydrogen) atoms. The lowest BCUT2D eigenvalue weighted by Crippen LogP contribution is -2.21. The van der Waals surface area contributed by atoms with Crippen molar-refractivity contribution in [2.75, 3.05) is 23.3 Å². The third-order valence-corrected chi connectivity index (χ3v) is 4.00. The highest BCUT2D eigenvalue weighted by Gasteiger charge is 2.20. The molecule has 0 unspecified atom stereocenters. The predicted molar refractivity (Wildman–Crippen MR) is 89.3 cm³/mol. The number of carbonyl (C=O) groups excluding carboxylic acids is 1. The van der Waals surface area contributed by atoms with Crippen molar-refractivity contribution in [3.63, 3.8) is 0 Å². The molecule has 1 aromatic heterocycles. The third kappa shape index (κ3) is 3.17. The molecule has 1 N–H and O–H groups in total. The number of anilines is 2. The standard InChI is InChI=1S/C16H17N5O3/c1-11-5-4-6-13(21(23)24)15(11)17-16(22)12-7-8-14(19-18-12)20-9-2-3-10-20/h4-8H,2-3,9-10H2,1H3,(H,17,22). The predicted octanol–water partition coefficient (Wildman–Crippen LogP) is 2.55. The summed E-state index contributed by atoms with van der Waals surface area (Å²) in [6, 6.07) is 7.96. The zero-order valence-electron chi connectivity index (χ0n) is 13.2. The Kier molecular flexibility index (Phi) is 4.37. The van der Waals surface area contributed by atoms with E-state index in [1.165, 1.54) is 6.07 Å². The topological polar surface area (TPSA) is 101 Å². The Bertz CT molecular complexity index is 770. The van der Waals surface area contributed by atoms with E-state index in [2.05, 4.69) is 20.4 Å². The fourth-order valence-electron chi connectivity index (χ4n) is 2.71. The van der Waals surface area contributed by atoms with Gasteiger partial charge >= 0.3 is 0 Å². The minimum Gasteiger partial charge on any atom is -0.355 e. The molecule has 2 heterocycles. The summed E-state index contributed by atoms with van der Waals surface area (Å²) in [6.45, 7) is 3.58. The largest absolute Gasteiger partial charge is 0.355 e. The van der Waals surface area contributed by atoms with Gasteiger partial charge in [-0.3, -0.25) is 14.9 Å². The van der Waals surface area contributed by atoms with E-state index >= 15 is 0 Å². The third-order valence-electron chi connectivity index (χ3n) is 4.00. The highest BCUT2D eigenvalue weighted by molar-refractivity contribution is 6.04. The first-order valence-corrected chi connectivity index (χ1v) is 7.70. The fourth-order valence-corrected chi connectivity index (χ4v) is 2.71. The normalized spacial score (nSPS) is 13.8. The van der Waals surface area contributed by atoms with Crippen molar-refractivity contribution in [3.8, 4) is 0 Å². The van der Waals surface area contributed by atoms with Crippen LogP contribution in [0.25, 0.3) is 0 Å². The minimum absolute atomic E-state index is 0.121. The molecule has 1 saturated heterocycles. The lowest BCUT2D eigenvalue weighted by atomic mass is 10.1. The van der Waals surface area contributed by atoms with Gasteiger partial charge in [0, 0.05) is 19.2 Å². The maximum atomic E-state index is 12.3. The molecule has 0 bridgehead atoms. The monoisotopic (exact) mass is 327 g/mol. The number of para-hydroxylation sites is 1. The summed E-state index contributed by atoms with van der Waals surface area (Å²) in [5, 5.41) is 21.7. The summed E-state index contributed by atoms with van der Waals surface area (Å²) in [6.07, 6.45) is 2.25. The van der Waals surface area contributed by atoms with Crippen LogP contribution < -0.4 is 10.2 Å². The summed E-state index contributed by atoms with van der Waals surface area (Å²) in [7, 11) is 0. The van der Waals surface area contributed by atoms with E-state index in [0.717, 1.165) is 31.7 Å². The molecule has 8 heteroatoms. The molecule has 1 aromatic carbocycles. The van der Waals surface area contributed by atoms with Gasteiger partial charge in [0.1, 0.15) is 5.69 Å². The Labute approximate surface area is 138 Å². The van der Waals surface area contributed by atoms with E-state index in [4.69, 9.17) is 0 Å². The van der Waals surface area contributed by atoms with Crippen LogP contribution in [0.4, 0.5) is 17.2 Å². The maximum Gasteiger partial charge on any atom is 0.293 e. The Hall–Kier alpha value is -3.03. The van der Waals surface area contributed by atoms with Crippen molar-refractivity contribution in [3.05, 3.63) is 51.7 Å². The van der Waals surface area contributed by atoms with Crippen LogP contribution in [0.3, 0.4) is 0 Å². The van der Waals surface area contributed by atoms with Gasteiger partial charge in [-0.15, -0.1) is 10.2 Å². The molecule has 124 valence electrons. The first-order chi connectivity index (χ1) is 11.6. The van der Waals surface area contributed by atoms with Crippen LogP contribution in [0.1, 0.15) is 28.9 Å². The van der Waals surface area contributed by atoms with Crippen molar-refractivity contribution in [2.24, 2.45) is 0 Å².